The van der Waals surface area contributed by atoms with Gasteiger partial charge >= 0.3 is 5.97 Å². The molecule has 0 radical (unpaired) electrons. The number of carbonyl (C=O) groups excluding carboxylic acids is 1. The van der Waals surface area contributed by atoms with Crippen LogP contribution < -0.4 is 0 Å². The van der Waals surface area contributed by atoms with Gasteiger partial charge in [-0.2, -0.15) is 0 Å². The van der Waals surface area contributed by atoms with Crippen LogP contribution in [0.2, 0.25) is 0 Å². The van der Waals surface area contributed by atoms with Crippen molar-refractivity contribution in [3.63, 3.8) is 0 Å². The Morgan fingerprint density at radius 3 is 2.33 bits per heavy atom. The van der Waals surface area contributed by atoms with E-state index in [2.05, 4.69) is 29.2 Å². The molecular weight excluding hydrogens is 340 g/mol. The van der Waals surface area contributed by atoms with Crippen molar-refractivity contribution in [3.05, 3.63) is 42.0 Å². The number of piperazine rings is 1. The van der Waals surface area contributed by atoms with Crippen LogP contribution in [-0.4, -0.2) is 59.5 Å². The third-order valence-corrected chi connectivity index (χ3v) is 6.64. The number of carboxylic acids is 1. The number of carboxylic acid groups (broad SMARTS) is 1. The topological polar surface area (TPSA) is 60.9 Å². The van der Waals surface area contributed by atoms with E-state index >= 15 is 0 Å². The monoisotopic (exact) mass is 368 g/mol. The molecule has 4 rings (SSSR count). The van der Waals surface area contributed by atoms with Gasteiger partial charge in [0, 0.05) is 32.7 Å². The zero-order valence-electron chi connectivity index (χ0n) is 15.7. The van der Waals surface area contributed by atoms with Crippen LogP contribution >= 0.6 is 0 Å². The molecular formula is C22H28N2O3. The molecule has 5 nitrogen and oxygen atoms in total. The molecule has 1 aromatic carbocycles. The molecule has 0 unspecified atom stereocenters. The lowest BCUT2D eigenvalue weighted by molar-refractivity contribution is -0.153. The van der Waals surface area contributed by atoms with Gasteiger partial charge in [-0.1, -0.05) is 42.5 Å². The number of hydrogen-bond acceptors (Lipinski definition) is 3. The lowest BCUT2D eigenvalue weighted by Crippen LogP contribution is -2.52. The Morgan fingerprint density at radius 2 is 1.67 bits per heavy atom. The molecule has 0 aromatic heterocycles. The van der Waals surface area contributed by atoms with Gasteiger partial charge in [0.1, 0.15) is 0 Å². The number of nitrogens with zero attached hydrogens (tertiary/aromatic N) is 2. The molecule has 4 atom stereocenters. The van der Waals surface area contributed by atoms with Crippen LogP contribution in [0.3, 0.4) is 0 Å². The van der Waals surface area contributed by atoms with Crippen LogP contribution in [0.15, 0.2) is 36.4 Å². The van der Waals surface area contributed by atoms with Crippen LogP contribution in [-0.2, 0) is 9.59 Å². The second-order valence-electron chi connectivity index (χ2n) is 8.16. The molecule has 0 spiro atoms. The summed E-state index contributed by atoms with van der Waals surface area (Å²) >= 11 is 0. The summed E-state index contributed by atoms with van der Waals surface area (Å²) in [6.07, 6.45) is 7.23. The third-order valence-electron chi connectivity index (χ3n) is 6.64. The smallest absolute Gasteiger partial charge is 0.307 e. The number of fused-ring (bicyclic) bond motifs is 2. The largest absolute Gasteiger partial charge is 0.481 e. The fourth-order valence-electron chi connectivity index (χ4n) is 5.27. The highest BCUT2D eigenvalue weighted by Crippen LogP contribution is 2.53. The van der Waals surface area contributed by atoms with Crippen molar-refractivity contribution in [1.82, 2.24) is 9.80 Å². The van der Waals surface area contributed by atoms with Gasteiger partial charge in [-0.25, -0.2) is 0 Å². The predicted molar refractivity (Wildman–Crippen MR) is 104 cm³/mol. The van der Waals surface area contributed by atoms with E-state index in [0.29, 0.717) is 13.1 Å². The van der Waals surface area contributed by atoms with E-state index in [9.17, 15) is 14.7 Å². The summed E-state index contributed by atoms with van der Waals surface area (Å²) in [5.74, 6) is -0.922. The van der Waals surface area contributed by atoms with Crippen LogP contribution in [0.1, 0.15) is 24.8 Å². The highest BCUT2D eigenvalue weighted by Gasteiger charge is 2.54. The fraction of sp³-hybridized carbons (Fsp3) is 0.545. The van der Waals surface area contributed by atoms with Gasteiger partial charge in [-0.05, 0) is 36.7 Å². The molecule has 1 N–H and O–H groups in total. The van der Waals surface area contributed by atoms with Crippen LogP contribution in [0.5, 0.6) is 0 Å². The number of amides is 1. The van der Waals surface area contributed by atoms with E-state index in [-0.39, 0.29) is 23.7 Å². The number of aliphatic carboxylic acids is 1. The molecule has 2 saturated carbocycles. The highest BCUT2D eigenvalue weighted by atomic mass is 16.4. The molecule has 1 amide bonds. The summed E-state index contributed by atoms with van der Waals surface area (Å²) in [5, 5.41) is 9.60. The normalized spacial score (nSPS) is 30.9. The summed E-state index contributed by atoms with van der Waals surface area (Å²) in [6, 6.07) is 10.2. The summed E-state index contributed by atoms with van der Waals surface area (Å²) in [7, 11) is 0. The Morgan fingerprint density at radius 1 is 1.00 bits per heavy atom. The van der Waals surface area contributed by atoms with Crippen molar-refractivity contribution in [1.29, 1.82) is 0 Å². The van der Waals surface area contributed by atoms with Crippen molar-refractivity contribution in [2.75, 3.05) is 32.7 Å². The summed E-state index contributed by atoms with van der Waals surface area (Å²) < 4.78 is 0. The van der Waals surface area contributed by atoms with Crippen molar-refractivity contribution in [2.45, 2.75) is 19.3 Å². The Labute approximate surface area is 160 Å². The van der Waals surface area contributed by atoms with Gasteiger partial charge in [0.15, 0.2) is 0 Å². The first kappa shape index (κ1) is 18.2. The maximum absolute atomic E-state index is 13.0. The minimum Gasteiger partial charge on any atom is -0.481 e. The van der Waals surface area contributed by atoms with Crippen molar-refractivity contribution >= 4 is 18.0 Å². The molecule has 1 aliphatic heterocycles. The summed E-state index contributed by atoms with van der Waals surface area (Å²) in [5.41, 5.74) is 1.20. The summed E-state index contributed by atoms with van der Waals surface area (Å²) in [6.45, 7) is 3.99. The van der Waals surface area contributed by atoms with Gasteiger partial charge in [0.2, 0.25) is 5.91 Å². The van der Waals surface area contributed by atoms with Crippen molar-refractivity contribution < 1.29 is 14.7 Å². The van der Waals surface area contributed by atoms with Crippen LogP contribution in [0, 0.1) is 23.7 Å². The second-order valence-corrected chi connectivity index (χ2v) is 8.16. The van der Waals surface area contributed by atoms with E-state index in [1.807, 2.05) is 23.1 Å². The number of hydrogen-bond donors (Lipinski definition) is 1. The van der Waals surface area contributed by atoms with E-state index in [1.54, 1.807) is 0 Å². The SMILES string of the molecule is O=C(O)[C@@H]1[C@H]2CC[C@@H](C2)[C@H]1C(=O)N1CCN(C/C=C/c2ccccc2)CC1. The molecule has 3 fully saturated rings. The lowest BCUT2D eigenvalue weighted by Gasteiger charge is -2.38. The molecule has 5 heteroatoms. The Kier molecular flexibility index (Phi) is 5.30. The zero-order chi connectivity index (χ0) is 18.8. The molecule has 1 aromatic rings. The van der Waals surface area contributed by atoms with Gasteiger partial charge in [0.25, 0.3) is 0 Å². The van der Waals surface area contributed by atoms with Gasteiger partial charge in [-0.15, -0.1) is 0 Å². The van der Waals surface area contributed by atoms with Gasteiger partial charge in [-0.3, -0.25) is 14.5 Å². The standard InChI is InChI=1S/C22H28N2O3/c25-21(19-17-8-9-18(15-17)20(19)22(26)27)24-13-11-23(12-14-24)10-4-7-16-5-2-1-3-6-16/h1-7,17-20H,8-15H2,(H,26,27)/b7-4+/t17-,18-,19+,20+/m0/s1. The first-order valence-electron chi connectivity index (χ1n) is 10.1. The average Bonchev–Trinajstić information content (AvgIpc) is 3.30. The van der Waals surface area contributed by atoms with Crippen LogP contribution in [0.4, 0.5) is 0 Å². The molecule has 144 valence electrons. The van der Waals surface area contributed by atoms with Gasteiger partial charge in [0.05, 0.1) is 11.8 Å². The first-order valence-corrected chi connectivity index (χ1v) is 10.1. The molecule has 1 saturated heterocycles. The Balaban J connectivity index is 1.29. The zero-order valence-corrected chi connectivity index (χ0v) is 15.7. The number of benzene rings is 1. The fourth-order valence-corrected chi connectivity index (χ4v) is 5.27. The lowest BCUT2D eigenvalue weighted by atomic mass is 9.78. The molecule has 2 bridgehead atoms. The van der Waals surface area contributed by atoms with Crippen molar-refractivity contribution in [3.8, 4) is 0 Å². The average molecular weight is 368 g/mol. The Hall–Kier alpha value is -2.14. The Bertz CT molecular complexity index is 710. The van der Waals surface area contributed by atoms with Crippen molar-refractivity contribution in [2.24, 2.45) is 23.7 Å². The first-order chi connectivity index (χ1) is 13.1. The minimum absolute atomic E-state index is 0.0917. The van der Waals surface area contributed by atoms with E-state index < -0.39 is 11.9 Å². The maximum atomic E-state index is 13.0. The molecule has 2 aliphatic carbocycles. The number of rotatable bonds is 5. The predicted octanol–water partition coefficient (Wildman–Crippen LogP) is 2.59. The third kappa shape index (κ3) is 3.79. The second kappa shape index (κ2) is 7.85. The highest BCUT2D eigenvalue weighted by molar-refractivity contribution is 5.86. The van der Waals surface area contributed by atoms with E-state index in [0.717, 1.165) is 38.9 Å². The van der Waals surface area contributed by atoms with E-state index in [1.165, 1.54) is 5.56 Å². The molecule has 3 aliphatic rings. The van der Waals surface area contributed by atoms with Gasteiger partial charge < -0.3 is 10.0 Å². The quantitative estimate of drug-likeness (QED) is 0.868. The summed E-state index contributed by atoms with van der Waals surface area (Å²) in [4.78, 5) is 29.0. The minimum atomic E-state index is -0.773. The molecule has 27 heavy (non-hydrogen) atoms. The molecule has 1 heterocycles. The van der Waals surface area contributed by atoms with E-state index in [4.69, 9.17) is 0 Å². The maximum Gasteiger partial charge on any atom is 0.307 e. The van der Waals surface area contributed by atoms with Crippen LogP contribution in [0.25, 0.3) is 6.08 Å². The number of carbonyl (C=O) groups is 2.